The second-order valence-electron chi connectivity index (χ2n) is 2.35. The zero-order valence-corrected chi connectivity index (χ0v) is 10.7. The molecule has 0 aliphatic heterocycles. The first kappa shape index (κ1) is 12.7. The summed E-state index contributed by atoms with van der Waals surface area (Å²) in [7, 11) is 0. The predicted molar refractivity (Wildman–Crippen MR) is 69.2 cm³/mol. The van der Waals surface area contributed by atoms with E-state index in [1.165, 1.54) is 11.8 Å². The molecule has 3 nitrogen and oxygen atoms in total. The highest BCUT2D eigenvalue weighted by Gasteiger charge is 1.91. The minimum absolute atomic E-state index is 0. The third-order valence-electron chi connectivity index (χ3n) is 1.33. The van der Waals surface area contributed by atoms with Crippen molar-refractivity contribution in [3.05, 3.63) is 23.9 Å². The van der Waals surface area contributed by atoms with Crippen LogP contribution in [0.15, 0.2) is 23.3 Å². The molecule has 0 saturated heterocycles. The molecule has 0 saturated carbocycles. The maximum Gasteiger partial charge on any atom is 0.160 e. The molecule has 2 N–H and O–H groups in total. The summed E-state index contributed by atoms with van der Waals surface area (Å²) in [5.41, 5.74) is 6.64. The van der Waals surface area contributed by atoms with Gasteiger partial charge in [-0.3, -0.25) is 0 Å². The van der Waals surface area contributed by atoms with Crippen LogP contribution in [0.5, 0.6) is 0 Å². The van der Waals surface area contributed by atoms with E-state index in [2.05, 4.69) is 9.98 Å². The van der Waals surface area contributed by atoms with E-state index in [-0.39, 0.29) is 24.0 Å². The van der Waals surface area contributed by atoms with Gasteiger partial charge in [-0.2, -0.15) is 0 Å². The van der Waals surface area contributed by atoms with Crippen molar-refractivity contribution in [2.75, 3.05) is 6.26 Å². The first-order chi connectivity index (χ1) is 5.72. The molecule has 13 heavy (non-hydrogen) atoms. The molecule has 0 aliphatic carbocycles. The summed E-state index contributed by atoms with van der Waals surface area (Å²) in [5, 5.41) is 0.534. The number of hydrogen-bond acceptors (Lipinski definition) is 3. The lowest BCUT2D eigenvalue weighted by Gasteiger charge is -1.95. The fourth-order valence-corrected chi connectivity index (χ4v) is 0.869. The van der Waals surface area contributed by atoms with E-state index in [4.69, 9.17) is 5.73 Å². The maximum atomic E-state index is 5.52. The van der Waals surface area contributed by atoms with Gasteiger partial charge < -0.3 is 5.73 Å². The van der Waals surface area contributed by atoms with Crippen LogP contribution < -0.4 is 5.73 Å². The lowest BCUT2D eigenvalue weighted by atomic mass is 10.3. The monoisotopic (exact) mass is 309 g/mol. The molecule has 1 aromatic heterocycles. The molecule has 0 radical (unpaired) electrons. The molecular formula is C8H12IN3S. The first-order valence-electron chi connectivity index (χ1n) is 3.53. The number of aromatic nitrogens is 1. The molecule has 0 spiro atoms. The number of halogens is 1. The van der Waals surface area contributed by atoms with Crippen LogP contribution in [0.4, 0.5) is 5.82 Å². The molecule has 1 aromatic rings. The van der Waals surface area contributed by atoms with Gasteiger partial charge in [0, 0.05) is 6.20 Å². The highest BCUT2D eigenvalue weighted by Crippen LogP contribution is 2.09. The van der Waals surface area contributed by atoms with Gasteiger partial charge in [0.2, 0.25) is 0 Å². The zero-order chi connectivity index (χ0) is 8.97. The van der Waals surface area contributed by atoms with Gasteiger partial charge in [0.15, 0.2) is 11.0 Å². The lowest BCUT2D eigenvalue weighted by Crippen LogP contribution is -2.04. The van der Waals surface area contributed by atoms with Crippen molar-refractivity contribution in [2.45, 2.75) is 6.92 Å². The van der Waals surface area contributed by atoms with Crippen molar-refractivity contribution in [2.24, 2.45) is 10.7 Å². The third kappa shape index (κ3) is 4.47. The van der Waals surface area contributed by atoms with Crippen LogP contribution in [0.2, 0.25) is 0 Å². The Labute approximate surface area is 99.2 Å². The van der Waals surface area contributed by atoms with Crippen molar-refractivity contribution >= 4 is 46.7 Å². The molecule has 0 bridgehead atoms. The van der Waals surface area contributed by atoms with Crippen LogP contribution in [0.25, 0.3) is 0 Å². The predicted octanol–water partition coefficient (Wildman–Crippen LogP) is 2.32. The van der Waals surface area contributed by atoms with E-state index >= 15 is 0 Å². The molecule has 1 rings (SSSR count). The van der Waals surface area contributed by atoms with Gasteiger partial charge >= 0.3 is 0 Å². The second kappa shape index (κ2) is 6.20. The minimum Gasteiger partial charge on any atom is -0.378 e. The van der Waals surface area contributed by atoms with Crippen LogP contribution in [-0.2, 0) is 0 Å². The van der Waals surface area contributed by atoms with E-state index in [0.29, 0.717) is 11.0 Å². The number of pyridine rings is 1. The summed E-state index contributed by atoms with van der Waals surface area (Å²) < 4.78 is 0. The maximum absolute atomic E-state index is 5.52. The molecule has 0 atom stereocenters. The molecule has 72 valence electrons. The lowest BCUT2D eigenvalue weighted by molar-refractivity contribution is 1.23. The van der Waals surface area contributed by atoms with E-state index in [1.807, 2.05) is 25.3 Å². The Balaban J connectivity index is 0.00000144. The number of thioether (sulfide) groups is 1. The van der Waals surface area contributed by atoms with Gasteiger partial charge in [-0.15, -0.1) is 24.0 Å². The fraction of sp³-hybridized carbons (Fsp3) is 0.250. The highest BCUT2D eigenvalue weighted by molar-refractivity contribution is 14.0. The number of nitrogens with zero attached hydrogens (tertiary/aromatic N) is 2. The average Bonchev–Trinajstić information content (AvgIpc) is 2.09. The standard InChI is InChI=1S/C8H11N3S.HI/c1-6-3-4-7(10-5-6)11-8(9)12-2;/h3-5H,1-2H3,(H2,9,10,11);1H. The molecule has 0 aliphatic rings. The van der Waals surface area contributed by atoms with Crippen molar-refractivity contribution in [3.8, 4) is 0 Å². The number of hydrogen-bond donors (Lipinski definition) is 1. The molecule has 0 unspecified atom stereocenters. The van der Waals surface area contributed by atoms with Gasteiger partial charge in [0.25, 0.3) is 0 Å². The average molecular weight is 309 g/mol. The quantitative estimate of drug-likeness (QED) is 0.492. The van der Waals surface area contributed by atoms with Crippen molar-refractivity contribution in [1.82, 2.24) is 4.98 Å². The SMILES string of the molecule is CSC(N)=Nc1ccc(C)cn1.I. The summed E-state index contributed by atoms with van der Waals surface area (Å²) in [6.07, 6.45) is 3.65. The zero-order valence-electron chi connectivity index (χ0n) is 7.52. The Morgan fingerprint density at radius 2 is 2.23 bits per heavy atom. The molecule has 5 heteroatoms. The van der Waals surface area contributed by atoms with Gasteiger partial charge in [0.05, 0.1) is 0 Å². The van der Waals surface area contributed by atoms with Gasteiger partial charge in [-0.25, -0.2) is 9.98 Å². The fourth-order valence-electron chi connectivity index (χ4n) is 0.685. The Hall–Kier alpha value is -0.300. The Bertz CT molecular complexity index is 284. The van der Waals surface area contributed by atoms with Crippen molar-refractivity contribution in [1.29, 1.82) is 0 Å². The van der Waals surface area contributed by atoms with E-state index in [9.17, 15) is 0 Å². The van der Waals surface area contributed by atoms with Crippen molar-refractivity contribution < 1.29 is 0 Å². The summed E-state index contributed by atoms with van der Waals surface area (Å²) in [5.74, 6) is 0.660. The second-order valence-corrected chi connectivity index (χ2v) is 3.17. The van der Waals surface area contributed by atoms with Crippen molar-refractivity contribution in [3.63, 3.8) is 0 Å². The number of nitrogens with two attached hydrogens (primary N) is 1. The number of rotatable bonds is 1. The smallest absolute Gasteiger partial charge is 0.160 e. The van der Waals surface area contributed by atoms with Crippen LogP contribution in [0.1, 0.15) is 5.56 Å². The minimum atomic E-state index is 0. The first-order valence-corrected chi connectivity index (χ1v) is 4.75. The Kier molecular flexibility index (Phi) is 6.06. The number of aryl methyl sites for hydroxylation is 1. The van der Waals surface area contributed by atoms with Crippen LogP contribution in [0, 0.1) is 6.92 Å². The van der Waals surface area contributed by atoms with Crippen LogP contribution in [0.3, 0.4) is 0 Å². The van der Waals surface area contributed by atoms with Gasteiger partial charge in [-0.1, -0.05) is 17.8 Å². The highest BCUT2D eigenvalue weighted by atomic mass is 127. The summed E-state index contributed by atoms with van der Waals surface area (Å²) in [6.45, 7) is 1.98. The topological polar surface area (TPSA) is 51.3 Å². The molecule has 0 fully saturated rings. The normalized spacial score (nSPS) is 10.8. The number of amidine groups is 1. The van der Waals surface area contributed by atoms with Crippen LogP contribution >= 0.6 is 35.7 Å². The molecule has 0 aromatic carbocycles. The van der Waals surface area contributed by atoms with E-state index < -0.39 is 0 Å². The molecular weight excluding hydrogens is 297 g/mol. The van der Waals surface area contributed by atoms with E-state index in [0.717, 1.165) is 5.56 Å². The Morgan fingerprint density at radius 3 is 2.69 bits per heavy atom. The van der Waals surface area contributed by atoms with Crippen LogP contribution in [-0.4, -0.2) is 16.4 Å². The molecule has 1 heterocycles. The van der Waals surface area contributed by atoms with Gasteiger partial charge in [0.1, 0.15) is 0 Å². The van der Waals surface area contributed by atoms with E-state index in [1.54, 1.807) is 6.20 Å². The Morgan fingerprint density at radius 1 is 1.54 bits per heavy atom. The third-order valence-corrected chi connectivity index (χ3v) is 1.84. The largest absolute Gasteiger partial charge is 0.378 e. The summed E-state index contributed by atoms with van der Waals surface area (Å²) >= 11 is 1.41. The van der Waals surface area contributed by atoms with Gasteiger partial charge in [-0.05, 0) is 24.8 Å². The summed E-state index contributed by atoms with van der Waals surface area (Å²) in [6, 6.07) is 3.80. The number of aliphatic imine (C=N–C) groups is 1. The molecule has 0 amide bonds. The summed E-state index contributed by atoms with van der Waals surface area (Å²) in [4.78, 5) is 8.15.